The average molecular weight is 580 g/mol. The number of aromatic nitrogens is 3. The molecule has 0 saturated carbocycles. The quantitative estimate of drug-likeness (QED) is 0.208. The van der Waals surface area contributed by atoms with Gasteiger partial charge in [0.2, 0.25) is 0 Å². The highest BCUT2D eigenvalue weighted by Crippen LogP contribution is 2.54. The molecule has 45 heavy (non-hydrogen) atoms. The monoisotopic (exact) mass is 579 g/mol. The smallest absolute Gasteiger partial charge is 0.161 e. The summed E-state index contributed by atoms with van der Waals surface area (Å²) in [5.41, 5.74) is 12.5. The second-order valence-electron chi connectivity index (χ2n) is 12.3. The molecule has 0 radical (unpaired) electrons. The van der Waals surface area contributed by atoms with Crippen LogP contribution in [0.4, 0.5) is 0 Å². The summed E-state index contributed by atoms with van der Waals surface area (Å²) in [5, 5.41) is 1.05. The molecule has 214 valence electrons. The van der Waals surface area contributed by atoms with Crippen molar-refractivity contribution in [2.75, 3.05) is 0 Å². The van der Waals surface area contributed by atoms with Crippen molar-refractivity contribution in [2.45, 2.75) is 19.3 Å². The second kappa shape index (κ2) is 9.63. The summed E-state index contributed by atoms with van der Waals surface area (Å²) in [7, 11) is 0. The minimum Gasteiger partial charge on any atom is -0.457 e. The van der Waals surface area contributed by atoms with Gasteiger partial charge in [-0.25, -0.2) is 9.97 Å². The van der Waals surface area contributed by atoms with Gasteiger partial charge in [-0.3, -0.25) is 0 Å². The van der Waals surface area contributed by atoms with E-state index in [-0.39, 0.29) is 5.41 Å². The van der Waals surface area contributed by atoms with Gasteiger partial charge in [-0.2, -0.15) is 0 Å². The third-order valence-electron chi connectivity index (χ3n) is 9.16. The topological polar surface area (TPSA) is 43.9 Å². The van der Waals surface area contributed by atoms with Crippen LogP contribution in [0, 0.1) is 0 Å². The third-order valence-corrected chi connectivity index (χ3v) is 9.16. The Morgan fingerprint density at radius 2 is 1.20 bits per heavy atom. The first-order chi connectivity index (χ1) is 22.1. The zero-order chi connectivity index (χ0) is 30.1. The highest BCUT2D eigenvalue weighted by molar-refractivity contribution is 6.14. The molecular weight excluding hydrogens is 550 g/mol. The molecule has 4 nitrogen and oxygen atoms in total. The molecule has 0 unspecified atom stereocenters. The van der Waals surface area contributed by atoms with Crippen LogP contribution >= 0.6 is 0 Å². The Bertz CT molecular complexity index is 2330. The number of hydrogen-bond donors (Lipinski definition) is 0. The molecule has 0 bridgehead atoms. The molecule has 5 aromatic carbocycles. The van der Waals surface area contributed by atoms with Gasteiger partial charge in [0.05, 0.1) is 16.9 Å². The van der Waals surface area contributed by atoms with Crippen LogP contribution in [-0.4, -0.2) is 14.5 Å². The molecule has 9 rings (SSSR count). The fraction of sp³-hybridized carbons (Fsp3) is 0.0732. The van der Waals surface area contributed by atoms with E-state index < -0.39 is 0 Å². The van der Waals surface area contributed by atoms with Crippen molar-refractivity contribution in [3.63, 3.8) is 0 Å². The molecule has 3 heterocycles. The lowest BCUT2D eigenvalue weighted by molar-refractivity contribution is 0.466. The number of benzene rings is 5. The van der Waals surface area contributed by atoms with Crippen molar-refractivity contribution >= 4 is 22.0 Å². The number of hydrogen-bond acceptors (Lipinski definition) is 3. The molecule has 0 N–H and O–H groups in total. The normalized spacial score (nSPS) is 13.3. The van der Waals surface area contributed by atoms with Gasteiger partial charge in [-0.15, -0.1) is 0 Å². The maximum atomic E-state index is 6.94. The van der Waals surface area contributed by atoms with E-state index in [1.807, 2.05) is 36.4 Å². The van der Waals surface area contributed by atoms with Crippen LogP contribution in [0.3, 0.4) is 0 Å². The van der Waals surface area contributed by atoms with Gasteiger partial charge in [-0.1, -0.05) is 103 Å². The lowest BCUT2D eigenvalue weighted by Crippen LogP contribution is -2.14. The predicted octanol–water partition coefficient (Wildman–Crippen LogP) is 10.5. The van der Waals surface area contributed by atoms with E-state index in [2.05, 4.69) is 122 Å². The molecular formula is C41H29N3O. The highest BCUT2D eigenvalue weighted by Gasteiger charge is 2.42. The van der Waals surface area contributed by atoms with Crippen molar-refractivity contribution in [3.05, 3.63) is 151 Å². The van der Waals surface area contributed by atoms with Crippen molar-refractivity contribution in [3.8, 4) is 50.7 Å². The summed E-state index contributed by atoms with van der Waals surface area (Å²) in [6.45, 7) is 4.52. The van der Waals surface area contributed by atoms with Gasteiger partial charge < -0.3 is 8.98 Å². The van der Waals surface area contributed by atoms with Gasteiger partial charge in [-0.05, 0) is 61.4 Å². The van der Waals surface area contributed by atoms with Gasteiger partial charge in [0.25, 0.3) is 0 Å². The average Bonchev–Trinajstić information content (AvgIpc) is 3.71. The number of nitrogens with zero attached hydrogens (tertiary/aromatic N) is 3. The first-order valence-electron chi connectivity index (χ1n) is 15.3. The minimum atomic E-state index is -0.242. The molecule has 0 saturated heterocycles. The van der Waals surface area contributed by atoms with E-state index in [1.54, 1.807) is 0 Å². The Kier molecular flexibility index (Phi) is 5.51. The SMILES string of the molecule is CC1(C)c2ccccc2-c2c1oc1c3cc(-c4nc(-c5ccccc5)cc(-c5ccccc5)n4)ccc3n(-c3ccccc3)c21. The Balaban J connectivity index is 1.33. The van der Waals surface area contributed by atoms with Gasteiger partial charge in [0.1, 0.15) is 11.3 Å². The number of rotatable bonds is 4. The van der Waals surface area contributed by atoms with Crippen molar-refractivity contribution in [1.82, 2.24) is 14.5 Å². The fourth-order valence-electron chi connectivity index (χ4n) is 6.98. The zero-order valence-corrected chi connectivity index (χ0v) is 25.0. The van der Waals surface area contributed by atoms with Crippen molar-refractivity contribution in [2.24, 2.45) is 0 Å². The lowest BCUT2D eigenvalue weighted by Gasteiger charge is -2.18. The summed E-state index contributed by atoms with van der Waals surface area (Å²) < 4.78 is 9.29. The van der Waals surface area contributed by atoms with E-state index in [1.165, 1.54) is 16.7 Å². The van der Waals surface area contributed by atoms with E-state index in [4.69, 9.17) is 14.4 Å². The van der Waals surface area contributed by atoms with Crippen molar-refractivity contribution in [1.29, 1.82) is 0 Å². The van der Waals surface area contributed by atoms with Crippen LogP contribution in [0.15, 0.2) is 144 Å². The highest BCUT2D eigenvalue weighted by atomic mass is 16.3. The van der Waals surface area contributed by atoms with Gasteiger partial charge in [0, 0.05) is 38.7 Å². The molecule has 1 aliphatic rings. The Morgan fingerprint density at radius 1 is 0.600 bits per heavy atom. The summed E-state index contributed by atoms with van der Waals surface area (Å²) in [5.74, 6) is 1.70. The van der Waals surface area contributed by atoms with Crippen LogP contribution in [0.25, 0.3) is 72.7 Å². The summed E-state index contributed by atoms with van der Waals surface area (Å²) in [6.07, 6.45) is 0. The Hall–Kier alpha value is -5.74. The number of para-hydroxylation sites is 1. The molecule has 0 atom stereocenters. The molecule has 0 fully saturated rings. The first kappa shape index (κ1) is 25.7. The fourth-order valence-corrected chi connectivity index (χ4v) is 6.98. The summed E-state index contributed by atoms with van der Waals surface area (Å²) >= 11 is 0. The van der Waals surface area contributed by atoms with Gasteiger partial charge in [0.15, 0.2) is 11.4 Å². The molecule has 0 amide bonds. The van der Waals surface area contributed by atoms with E-state index in [0.29, 0.717) is 5.82 Å². The van der Waals surface area contributed by atoms with E-state index >= 15 is 0 Å². The molecule has 4 heteroatoms. The standard InChI is InChI=1S/C41H29N3O/c1-41(2)32-21-13-12-20-30(32)36-37-38(45-39(36)41)31-24-28(22-23-35(31)44(37)29-18-10-5-11-19-29)40-42-33(26-14-6-3-7-15-26)25-34(43-40)27-16-8-4-9-17-27/h3-25H,1-2H3. The first-order valence-corrected chi connectivity index (χ1v) is 15.3. The number of furan rings is 1. The predicted molar refractivity (Wildman–Crippen MR) is 183 cm³/mol. The maximum Gasteiger partial charge on any atom is 0.161 e. The minimum absolute atomic E-state index is 0.242. The van der Waals surface area contributed by atoms with Crippen LogP contribution < -0.4 is 0 Å². The molecule has 1 aliphatic carbocycles. The van der Waals surface area contributed by atoms with Crippen LogP contribution in [0.1, 0.15) is 25.2 Å². The van der Waals surface area contributed by atoms with Crippen LogP contribution in [-0.2, 0) is 5.41 Å². The lowest BCUT2D eigenvalue weighted by atomic mass is 9.86. The number of fused-ring (bicyclic) bond motifs is 7. The van der Waals surface area contributed by atoms with Crippen LogP contribution in [0.5, 0.6) is 0 Å². The largest absolute Gasteiger partial charge is 0.457 e. The van der Waals surface area contributed by atoms with E-state index in [9.17, 15) is 0 Å². The molecule has 8 aromatic rings. The summed E-state index contributed by atoms with van der Waals surface area (Å²) in [6, 6.07) is 48.5. The van der Waals surface area contributed by atoms with E-state index in [0.717, 1.165) is 61.5 Å². The summed E-state index contributed by atoms with van der Waals surface area (Å²) in [4.78, 5) is 10.2. The van der Waals surface area contributed by atoms with Crippen molar-refractivity contribution < 1.29 is 4.42 Å². The molecule has 3 aromatic heterocycles. The Labute approximate surface area is 261 Å². The second-order valence-corrected chi connectivity index (χ2v) is 12.3. The van der Waals surface area contributed by atoms with Crippen LogP contribution in [0.2, 0.25) is 0 Å². The maximum absolute atomic E-state index is 6.94. The zero-order valence-electron chi connectivity index (χ0n) is 25.0. The van der Waals surface area contributed by atoms with Gasteiger partial charge >= 0.3 is 0 Å². The Morgan fingerprint density at radius 3 is 1.87 bits per heavy atom. The molecule has 0 aliphatic heterocycles. The third kappa shape index (κ3) is 3.85. The molecule has 0 spiro atoms.